The number of anilines is 1. The van der Waals surface area contributed by atoms with Crippen molar-refractivity contribution in [2.45, 2.75) is 46.1 Å². The number of halogens is 1. The molecule has 0 aliphatic heterocycles. The average Bonchev–Trinajstić information content (AvgIpc) is 2.87. The van der Waals surface area contributed by atoms with Gasteiger partial charge < -0.3 is 5.32 Å². The van der Waals surface area contributed by atoms with E-state index in [0.717, 1.165) is 16.1 Å². The number of benzene rings is 1. The highest BCUT2D eigenvalue weighted by molar-refractivity contribution is 9.10. The summed E-state index contributed by atoms with van der Waals surface area (Å²) in [5, 5.41) is 14.6. The molecular formula is C16H21BrN2O2. The van der Waals surface area contributed by atoms with Crippen molar-refractivity contribution in [3.05, 3.63) is 32.8 Å². The molecule has 2 saturated carbocycles. The number of fused-ring (bicyclic) bond motifs is 2. The number of nitrogens with one attached hydrogen (secondary N) is 1. The van der Waals surface area contributed by atoms with E-state index in [4.69, 9.17) is 0 Å². The largest absolute Gasteiger partial charge is 0.380 e. The lowest BCUT2D eigenvalue weighted by atomic mass is 9.68. The van der Waals surface area contributed by atoms with Gasteiger partial charge in [0.1, 0.15) is 0 Å². The lowest BCUT2D eigenvalue weighted by molar-refractivity contribution is -0.384. The Morgan fingerprint density at radius 3 is 2.67 bits per heavy atom. The van der Waals surface area contributed by atoms with E-state index in [9.17, 15) is 10.1 Å². The van der Waals surface area contributed by atoms with E-state index in [0.29, 0.717) is 6.04 Å². The summed E-state index contributed by atoms with van der Waals surface area (Å²) < 4.78 is 0.885. The van der Waals surface area contributed by atoms with Gasteiger partial charge in [0.05, 0.1) is 10.6 Å². The molecular weight excluding hydrogens is 332 g/mol. The van der Waals surface area contributed by atoms with Crippen LogP contribution in [0.2, 0.25) is 0 Å². The summed E-state index contributed by atoms with van der Waals surface area (Å²) >= 11 is 3.51. The highest BCUT2D eigenvalue weighted by Crippen LogP contribution is 2.63. The van der Waals surface area contributed by atoms with E-state index in [2.05, 4.69) is 42.0 Å². The average molecular weight is 353 g/mol. The smallest absolute Gasteiger partial charge is 0.271 e. The molecule has 0 radical (unpaired) electrons. The zero-order valence-corrected chi connectivity index (χ0v) is 14.2. The normalized spacial score (nSPS) is 33.1. The second-order valence-corrected chi connectivity index (χ2v) is 8.27. The van der Waals surface area contributed by atoms with Gasteiger partial charge in [0.25, 0.3) is 5.69 Å². The molecule has 0 heterocycles. The third-order valence-electron chi connectivity index (χ3n) is 5.73. The van der Waals surface area contributed by atoms with Gasteiger partial charge in [0, 0.05) is 22.6 Å². The van der Waals surface area contributed by atoms with Crippen LogP contribution in [-0.2, 0) is 0 Å². The molecule has 114 valence electrons. The van der Waals surface area contributed by atoms with Crippen LogP contribution in [-0.4, -0.2) is 11.0 Å². The van der Waals surface area contributed by atoms with Crippen LogP contribution < -0.4 is 5.32 Å². The molecule has 2 fully saturated rings. The monoisotopic (exact) mass is 352 g/mol. The van der Waals surface area contributed by atoms with Gasteiger partial charge in [0.15, 0.2) is 0 Å². The van der Waals surface area contributed by atoms with Gasteiger partial charge in [-0.25, -0.2) is 0 Å². The van der Waals surface area contributed by atoms with E-state index in [1.54, 1.807) is 12.1 Å². The van der Waals surface area contributed by atoms with Gasteiger partial charge in [-0.15, -0.1) is 0 Å². The van der Waals surface area contributed by atoms with Gasteiger partial charge in [0.2, 0.25) is 0 Å². The molecule has 21 heavy (non-hydrogen) atoms. The summed E-state index contributed by atoms with van der Waals surface area (Å²) in [6.07, 6.45) is 3.80. The van der Waals surface area contributed by atoms with Gasteiger partial charge >= 0.3 is 0 Å². The SMILES string of the molecule is CC1(C)C(Nc2cc([N+](=O)[O-])ccc2Br)[C@]2(C)CC[C@H]1C2. The van der Waals surface area contributed by atoms with Crippen LogP contribution >= 0.6 is 15.9 Å². The molecule has 3 atom stereocenters. The molecule has 1 unspecified atom stereocenters. The summed E-state index contributed by atoms with van der Waals surface area (Å²) in [5.41, 5.74) is 1.47. The summed E-state index contributed by atoms with van der Waals surface area (Å²) in [4.78, 5) is 10.6. The lowest BCUT2D eigenvalue weighted by Gasteiger charge is -2.43. The topological polar surface area (TPSA) is 55.2 Å². The number of nitro benzene ring substituents is 1. The van der Waals surface area contributed by atoms with E-state index < -0.39 is 0 Å². The zero-order chi connectivity index (χ0) is 15.4. The molecule has 4 nitrogen and oxygen atoms in total. The Hall–Kier alpha value is -1.10. The standard InChI is InChI=1S/C16H21BrN2O2/c1-15(2)10-6-7-16(3,9-10)14(15)18-13-8-11(19(20)21)4-5-12(13)17/h4-5,8,10,14,18H,6-7,9H2,1-3H3/t10-,14?,16+/m0/s1. The molecule has 0 spiro atoms. The fourth-order valence-corrected chi connectivity index (χ4v) is 4.92. The van der Waals surface area contributed by atoms with Crippen molar-refractivity contribution in [2.24, 2.45) is 16.7 Å². The van der Waals surface area contributed by atoms with Gasteiger partial charge in [-0.2, -0.15) is 0 Å². The van der Waals surface area contributed by atoms with Crippen LogP contribution in [0.4, 0.5) is 11.4 Å². The molecule has 2 bridgehead atoms. The molecule has 0 amide bonds. The van der Waals surface area contributed by atoms with Crippen molar-refractivity contribution in [1.82, 2.24) is 0 Å². The maximum absolute atomic E-state index is 11.0. The molecule has 0 aromatic heterocycles. The van der Waals surface area contributed by atoms with E-state index in [1.165, 1.54) is 25.3 Å². The van der Waals surface area contributed by atoms with Crippen LogP contribution in [0.3, 0.4) is 0 Å². The third kappa shape index (κ3) is 2.26. The minimum Gasteiger partial charge on any atom is -0.380 e. The number of rotatable bonds is 3. The Balaban J connectivity index is 1.93. The number of hydrogen-bond donors (Lipinski definition) is 1. The van der Waals surface area contributed by atoms with Crippen LogP contribution in [0, 0.1) is 26.9 Å². The van der Waals surface area contributed by atoms with E-state index in [-0.39, 0.29) is 21.4 Å². The first-order valence-corrected chi connectivity index (χ1v) is 8.24. The minimum absolute atomic E-state index is 0.131. The maximum atomic E-state index is 11.0. The van der Waals surface area contributed by atoms with Crippen LogP contribution in [0.5, 0.6) is 0 Å². The van der Waals surface area contributed by atoms with Crippen LogP contribution in [0.25, 0.3) is 0 Å². The summed E-state index contributed by atoms with van der Waals surface area (Å²) in [6.45, 7) is 7.00. The van der Waals surface area contributed by atoms with Crippen LogP contribution in [0.15, 0.2) is 22.7 Å². The van der Waals surface area contributed by atoms with Crippen molar-refractivity contribution in [1.29, 1.82) is 0 Å². The Bertz CT molecular complexity index is 597. The summed E-state index contributed by atoms with van der Waals surface area (Å²) in [5.74, 6) is 0.748. The van der Waals surface area contributed by atoms with E-state index >= 15 is 0 Å². The first-order chi connectivity index (χ1) is 9.74. The second-order valence-electron chi connectivity index (χ2n) is 7.41. The van der Waals surface area contributed by atoms with Crippen LogP contribution in [0.1, 0.15) is 40.0 Å². The molecule has 0 saturated heterocycles. The minimum atomic E-state index is -0.342. The predicted molar refractivity (Wildman–Crippen MR) is 87.4 cm³/mol. The summed E-state index contributed by atoms with van der Waals surface area (Å²) in [7, 11) is 0. The molecule has 3 rings (SSSR count). The molecule has 5 heteroatoms. The highest BCUT2D eigenvalue weighted by atomic mass is 79.9. The number of nitro groups is 1. The fraction of sp³-hybridized carbons (Fsp3) is 0.625. The second kappa shape index (κ2) is 4.70. The van der Waals surface area contributed by atoms with Gasteiger partial charge in [-0.1, -0.05) is 20.8 Å². The third-order valence-corrected chi connectivity index (χ3v) is 6.42. The molecule has 1 aromatic carbocycles. The maximum Gasteiger partial charge on any atom is 0.271 e. The fourth-order valence-electron chi connectivity index (χ4n) is 4.56. The van der Waals surface area contributed by atoms with Crippen molar-refractivity contribution in [3.8, 4) is 0 Å². The zero-order valence-electron chi connectivity index (χ0n) is 12.6. The lowest BCUT2D eigenvalue weighted by Crippen LogP contribution is -2.45. The number of hydrogen-bond acceptors (Lipinski definition) is 3. The van der Waals surface area contributed by atoms with Crippen molar-refractivity contribution in [2.75, 3.05) is 5.32 Å². The Morgan fingerprint density at radius 2 is 2.10 bits per heavy atom. The molecule has 1 N–H and O–H groups in total. The van der Waals surface area contributed by atoms with Crippen molar-refractivity contribution < 1.29 is 4.92 Å². The molecule has 2 aliphatic carbocycles. The summed E-state index contributed by atoms with van der Waals surface area (Å²) in [6, 6.07) is 5.27. The Morgan fingerprint density at radius 1 is 1.38 bits per heavy atom. The number of non-ortho nitro benzene ring substituents is 1. The first-order valence-electron chi connectivity index (χ1n) is 7.44. The Kier molecular flexibility index (Phi) is 3.32. The predicted octanol–water partition coefficient (Wildman–Crippen LogP) is 4.98. The van der Waals surface area contributed by atoms with E-state index in [1.807, 2.05) is 0 Å². The first kappa shape index (κ1) is 14.8. The van der Waals surface area contributed by atoms with Crippen molar-refractivity contribution >= 4 is 27.3 Å². The van der Waals surface area contributed by atoms with Crippen molar-refractivity contribution in [3.63, 3.8) is 0 Å². The molecule has 2 aliphatic rings. The Labute approximate surface area is 133 Å². The highest BCUT2D eigenvalue weighted by Gasteiger charge is 2.59. The van der Waals surface area contributed by atoms with Gasteiger partial charge in [-0.05, 0) is 58.0 Å². The van der Waals surface area contributed by atoms with Gasteiger partial charge in [-0.3, -0.25) is 10.1 Å². The number of nitrogens with zero attached hydrogens (tertiary/aromatic N) is 1. The molecule has 1 aromatic rings. The quantitative estimate of drug-likeness (QED) is 0.616.